The third-order valence-electron chi connectivity index (χ3n) is 3.55. The molecule has 1 aliphatic rings. The summed E-state index contributed by atoms with van der Waals surface area (Å²) >= 11 is 3.63. The number of halogens is 1. The number of amides is 1. The third-order valence-corrected chi connectivity index (χ3v) is 4.39. The largest absolute Gasteiger partial charge is 0.350 e. The fourth-order valence-electron chi connectivity index (χ4n) is 2.44. The number of nitrogens with zero attached hydrogens (tertiary/aromatic N) is 2. The normalized spacial score (nSPS) is 23.3. The second-order valence-corrected chi connectivity index (χ2v) is 6.28. The summed E-state index contributed by atoms with van der Waals surface area (Å²) in [6, 6.07) is 1.87. The van der Waals surface area contributed by atoms with E-state index in [1.54, 1.807) is 4.68 Å². The third kappa shape index (κ3) is 3.13. The topological polar surface area (TPSA) is 46.9 Å². The Morgan fingerprint density at radius 2 is 2.39 bits per heavy atom. The van der Waals surface area contributed by atoms with Crippen molar-refractivity contribution in [1.29, 1.82) is 0 Å². The van der Waals surface area contributed by atoms with Gasteiger partial charge in [-0.05, 0) is 37.7 Å². The minimum Gasteiger partial charge on any atom is -0.350 e. The molecule has 1 aliphatic carbocycles. The van der Waals surface area contributed by atoms with Gasteiger partial charge >= 0.3 is 0 Å². The molecule has 5 heteroatoms. The number of carbonyl (C=O) groups is 1. The zero-order valence-corrected chi connectivity index (χ0v) is 12.5. The lowest BCUT2D eigenvalue weighted by atomic mass is 10.1. The highest BCUT2D eigenvalue weighted by molar-refractivity contribution is 9.09. The lowest BCUT2D eigenvalue weighted by Gasteiger charge is -2.10. The van der Waals surface area contributed by atoms with E-state index in [0.717, 1.165) is 25.1 Å². The molecule has 0 spiro atoms. The zero-order chi connectivity index (χ0) is 13.1. The first kappa shape index (κ1) is 13.6. The van der Waals surface area contributed by atoms with Crippen LogP contribution >= 0.6 is 15.9 Å². The fourth-order valence-corrected chi connectivity index (χ4v) is 3.23. The van der Waals surface area contributed by atoms with Crippen molar-refractivity contribution in [2.24, 2.45) is 13.0 Å². The number of hydrogen-bond donors (Lipinski definition) is 1. The number of nitrogens with one attached hydrogen (secondary N) is 1. The zero-order valence-electron chi connectivity index (χ0n) is 10.9. The highest BCUT2D eigenvalue weighted by Gasteiger charge is 2.23. The van der Waals surface area contributed by atoms with Crippen molar-refractivity contribution in [3.05, 3.63) is 17.5 Å². The molecule has 2 unspecified atom stereocenters. The van der Waals surface area contributed by atoms with Gasteiger partial charge in [0.2, 0.25) is 0 Å². The number of hydrogen-bond acceptors (Lipinski definition) is 2. The van der Waals surface area contributed by atoms with Gasteiger partial charge in [-0.1, -0.05) is 22.9 Å². The fraction of sp³-hybridized carbons (Fsp3) is 0.692. The first-order valence-corrected chi connectivity index (χ1v) is 7.47. The molecule has 100 valence electrons. The minimum atomic E-state index is -0.0114. The van der Waals surface area contributed by atoms with Gasteiger partial charge in [-0.15, -0.1) is 0 Å². The van der Waals surface area contributed by atoms with Crippen molar-refractivity contribution in [3.63, 3.8) is 0 Å². The summed E-state index contributed by atoms with van der Waals surface area (Å²) in [7, 11) is 1.82. The maximum atomic E-state index is 12.0. The Labute approximate surface area is 116 Å². The molecule has 1 amide bonds. The molecule has 0 aromatic carbocycles. The highest BCUT2D eigenvalue weighted by Crippen LogP contribution is 2.30. The maximum Gasteiger partial charge on any atom is 0.269 e. The van der Waals surface area contributed by atoms with Crippen molar-refractivity contribution < 1.29 is 4.79 Å². The van der Waals surface area contributed by atoms with Crippen LogP contribution in [-0.2, 0) is 13.5 Å². The summed E-state index contributed by atoms with van der Waals surface area (Å²) in [5.41, 5.74) is 1.62. The maximum absolute atomic E-state index is 12.0. The summed E-state index contributed by atoms with van der Waals surface area (Å²) in [4.78, 5) is 12.7. The van der Waals surface area contributed by atoms with Gasteiger partial charge in [-0.2, -0.15) is 5.10 Å². The Morgan fingerprint density at radius 1 is 1.61 bits per heavy atom. The van der Waals surface area contributed by atoms with Gasteiger partial charge in [-0.25, -0.2) is 0 Å². The first-order valence-electron chi connectivity index (χ1n) is 6.55. The van der Waals surface area contributed by atoms with Crippen molar-refractivity contribution in [3.8, 4) is 0 Å². The molecule has 0 saturated heterocycles. The summed E-state index contributed by atoms with van der Waals surface area (Å²) in [6.45, 7) is 2.81. The Bertz CT molecular complexity index is 430. The summed E-state index contributed by atoms with van der Waals surface area (Å²) in [6.07, 6.45) is 4.43. The Balaban J connectivity index is 1.89. The van der Waals surface area contributed by atoms with Crippen LogP contribution in [0, 0.1) is 5.92 Å². The molecule has 1 N–H and O–H groups in total. The standard InChI is InChI=1S/C13H20BrN3O/c1-3-11-7-12(17(2)16-11)13(18)15-8-9-4-5-10(14)6-9/h7,9-10H,3-6,8H2,1-2H3,(H,15,18). The molecule has 2 atom stereocenters. The van der Waals surface area contributed by atoms with E-state index >= 15 is 0 Å². The van der Waals surface area contributed by atoms with E-state index in [-0.39, 0.29) is 5.91 Å². The van der Waals surface area contributed by atoms with E-state index < -0.39 is 0 Å². The van der Waals surface area contributed by atoms with Gasteiger partial charge in [0, 0.05) is 18.4 Å². The Hall–Kier alpha value is -0.840. The number of carbonyl (C=O) groups excluding carboxylic acids is 1. The highest BCUT2D eigenvalue weighted by atomic mass is 79.9. The predicted octanol–water partition coefficient (Wildman–Crippen LogP) is 2.28. The average molecular weight is 314 g/mol. The van der Waals surface area contributed by atoms with Crippen LogP contribution in [-0.4, -0.2) is 27.1 Å². The predicted molar refractivity (Wildman–Crippen MR) is 75.0 cm³/mol. The molecular formula is C13H20BrN3O. The van der Waals surface area contributed by atoms with Crippen LogP contribution in [0.5, 0.6) is 0 Å². The van der Waals surface area contributed by atoms with E-state index in [9.17, 15) is 4.79 Å². The van der Waals surface area contributed by atoms with Gasteiger partial charge in [0.05, 0.1) is 5.69 Å². The second-order valence-electron chi connectivity index (χ2n) is 4.98. The molecule has 2 rings (SSSR count). The van der Waals surface area contributed by atoms with E-state index in [4.69, 9.17) is 0 Å². The van der Waals surface area contributed by atoms with Gasteiger partial charge < -0.3 is 5.32 Å². The molecule has 1 saturated carbocycles. The molecule has 1 aromatic heterocycles. The number of aryl methyl sites for hydroxylation is 2. The van der Waals surface area contributed by atoms with E-state index in [1.807, 2.05) is 20.0 Å². The molecule has 0 bridgehead atoms. The molecule has 4 nitrogen and oxygen atoms in total. The lowest BCUT2D eigenvalue weighted by Crippen LogP contribution is -2.30. The van der Waals surface area contributed by atoms with Gasteiger partial charge in [0.1, 0.15) is 5.69 Å². The van der Waals surface area contributed by atoms with Crippen molar-refractivity contribution >= 4 is 21.8 Å². The SMILES string of the molecule is CCc1cc(C(=O)NCC2CCC(Br)C2)n(C)n1. The first-order chi connectivity index (χ1) is 8.60. The molecule has 18 heavy (non-hydrogen) atoms. The molecule has 1 heterocycles. The number of aromatic nitrogens is 2. The molecule has 1 aromatic rings. The van der Waals surface area contributed by atoms with Crippen molar-refractivity contribution in [1.82, 2.24) is 15.1 Å². The van der Waals surface area contributed by atoms with Crippen molar-refractivity contribution in [2.75, 3.05) is 6.54 Å². The van der Waals surface area contributed by atoms with E-state index in [2.05, 4.69) is 26.3 Å². The smallest absolute Gasteiger partial charge is 0.269 e. The molecule has 1 fully saturated rings. The van der Waals surface area contributed by atoms with E-state index in [1.165, 1.54) is 12.8 Å². The Kier molecular flexibility index (Phi) is 4.43. The van der Waals surface area contributed by atoms with Crippen LogP contribution in [0.3, 0.4) is 0 Å². The molecule has 0 aliphatic heterocycles. The Morgan fingerprint density at radius 3 is 2.94 bits per heavy atom. The quantitative estimate of drug-likeness (QED) is 0.867. The van der Waals surface area contributed by atoms with Crippen LogP contribution < -0.4 is 5.32 Å². The second kappa shape index (κ2) is 5.87. The summed E-state index contributed by atoms with van der Waals surface area (Å²) in [5.74, 6) is 0.597. The van der Waals surface area contributed by atoms with Crippen molar-refractivity contribution in [2.45, 2.75) is 37.4 Å². The molecule has 0 radical (unpaired) electrons. The lowest BCUT2D eigenvalue weighted by molar-refractivity contribution is 0.0938. The number of rotatable bonds is 4. The van der Waals surface area contributed by atoms with Crippen LogP contribution in [0.25, 0.3) is 0 Å². The van der Waals surface area contributed by atoms with Gasteiger partial charge in [0.15, 0.2) is 0 Å². The number of alkyl halides is 1. The summed E-state index contributed by atoms with van der Waals surface area (Å²) in [5, 5.41) is 7.31. The van der Waals surface area contributed by atoms with Crippen LogP contribution in [0.1, 0.15) is 42.4 Å². The van der Waals surface area contributed by atoms with Crippen LogP contribution in [0.2, 0.25) is 0 Å². The van der Waals surface area contributed by atoms with Crippen LogP contribution in [0.4, 0.5) is 0 Å². The van der Waals surface area contributed by atoms with E-state index in [0.29, 0.717) is 16.4 Å². The average Bonchev–Trinajstić information content (AvgIpc) is 2.92. The van der Waals surface area contributed by atoms with Gasteiger partial charge in [-0.3, -0.25) is 9.48 Å². The van der Waals surface area contributed by atoms with Gasteiger partial charge in [0.25, 0.3) is 5.91 Å². The summed E-state index contributed by atoms with van der Waals surface area (Å²) < 4.78 is 1.66. The van der Waals surface area contributed by atoms with Crippen LogP contribution in [0.15, 0.2) is 6.07 Å². The minimum absolute atomic E-state index is 0.0114. The molecular weight excluding hydrogens is 294 g/mol. The monoisotopic (exact) mass is 313 g/mol.